The molecule has 0 N–H and O–H groups in total. The lowest BCUT2D eigenvalue weighted by molar-refractivity contribution is 0.112. The zero-order valence-corrected chi connectivity index (χ0v) is 11.7. The molecule has 19 heavy (non-hydrogen) atoms. The fourth-order valence-electron chi connectivity index (χ4n) is 1.87. The van der Waals surface area contributed by atoms with E-state index in [1.807, 2.05) is 43.1 Å². The number of aromatic nitrogens is 1. The number of halogens is 1. The minimum atomic E-state index is 0.469. The number of anilines is 1. The summed E-state index contributed by atoms with van der Waals surface area (Å²) in [6, 6.07) is 11.4. The van der Waals surface area contributed by atoms with Crippen molar-refractivity contribution in [1.82, 2.24) is 4.98 Å². The van der Waals surface area contributed by atoms with Gasteiger partial charge in [0.2, 0.25) is 0 Å². The highest BCUT2D eigenvalue weighted by molar-refractivity contribution is 6.33. The van der Waals surface area contributed by atoms with Crippen LogP contribution in [0.25, 0.3) is 0 Å². The number of pyridine rings is 1. The molecule has 0 aliphatic heterocycles. The topological polar surface area (TPSA) is 33.2 Å². The van der Waals surface area contributed by atoms with Gasteiger partial charge in [-0.25, -0.2) is 0 Å². The van der Waals surface area contributed by atoms with Crippen LogP contribution in [0.5, 0.6) is 0 Å². The molecular formula is C15H15ClN2O. The van der Waals surface area contributed by atoms with Crippen LogP contribution in [0.15, 0.2) is 36.4 Å². The van der Waals surface area contributed by atoms with E-state index in [-0.39, 0.29) is 0 Å². The fourth-order valence-corrected chi connectivity index (χ4v) is 2.09. The Morgan fingerprint density at radius 2 is 2.11 bits per heavy atom. The quantitative estimate of drug-likeness (QED) is 0.800. The predicted molar refractivity (Wildman–Crippen MR) is 77.9 cm³/mol. The zero-order chi connectivity index (χ0) is 13.8. The molecule has 0 atom stereocenters. The number of hydrogen-bond donors (Lipinski definition) is 0. The molecule has 2 rings (SSSR count). The van der Waals surface area contributed by atoms with Crippen molar-refractivity contribution in [1.29, 1.82) is 0 Å². The Balaban J connectivity index is 2.18. The molecule has 4 heteroatoms. The summed E-state index contributed by atoms with van der Waals surface area (Å²) < 4.78 is 0. The van der Waals surface area contributed by atoms with Gasteiger partial charge in [0.05, 0.1) is 17.3 Å². The van der Waals surface area contributed by atoms with Crippen LogP contribution in [-0.2, 0) is 6.54 Å². The SMILES string of the molecule is Cc1cccc(CN(C)c2ccc(C=O)c(Cl)c2)n1. The Labute approximate surface area is 117 Å². The maximum Gasteiger partial charge on any atom is 0.151 e. The summed E-state index contributed by atoms with van der Waals surface area (Å²) in [5.41, 5.74) is 3.46. The first-order valence-electron chi connectivity index (χ1n) is 5.98. The third-order valence-electron chi connectivity index (χ3n) is 2.90. The lowest BCUT2D eigenvalue weighted by Gasteiger charge is -2.19. The van der Waals surface area contributed by atoms with Crippen molar-refractivity contribution in [2.24, 2.45) is 0 Å². The number of benzene rings is 1. The third kappa shape index (κ3) is 3.32. The number of aryl methyl sites for hydroxylation is 1. The smallest absolute Gasteiger partial charge is 0.151 e. The van der Waals surface area contributed by atoms with E-state index in [1.165, 1.54) is 0 Å². The van der Waals surface area contributed by atoms with E-state index in [2.05, 4.69) is 4.98 Å². The van der Waals surface area contributed by atoms with E-state index in [0.717, 1.165) is 23.4 Å². The Kier molecular flexibility index (Phi) is 4.17. The van der Waals surface area contributed by atoms with Gasteiger partial charge in [0.25, 0.3) is 0 Å². The largest absolute Gasteiger partial charge is 0.369 e. The van der Waals surface area contributed by atoms with E-state index in [9.17, 15) is 4.79 Å². The average molecular weight is 275 g/mol. The van der Waals surface area contributed by atoms with Crippen molar-refractivity contribution < 1.29 is 4.79 Å². The molecule has 0 aliphatic rings. The second-order valence-corrected chi connectivity index (χ2v) is 4.86. The summed E-state index contributed by atoms with van der Waals surface area (Å²) in [7, 11) is 1.97. The summed E-state index contributed by atoms with van der Waals surface area (Å²) >= 11 is 6.03. The van der Waals surface area contributed by atoms with Crippen LogP contribution in [0.4, 0.5) is 5.69 Å². The molecule has 3 nitrogen and oxygen atoms in total. The number of carbonyl (C=O) groups excluding carboxylic acids is 1. The Morgan fingerprint density at radius 3 is 2.74 bits per heavy atom. The summed E-state index contributed by atoms with van der Waals surface area (Å²) in [5.74, 6) is 0. The lowest BCUT2D eigenvalue weighted by atomic mass is 10.2. The molecule has 0 amide bonds. The van der Waals surface area contributed by atoms with Crippen molar-refractivity contribution in [3.05, 3.63) is 58.4 Å². The van der Waals surface area contributed by atoms with Gasteiger partial charge >= 0.3 is 0 Å². The number of carbonyl (C=O) groups is 1. The molecule has 1 aromatic heterocycles. The molecule has 2 aromatic rings. The van der Waals surface area contributed by atoms with Crippen LogP contribution in [0.1, 0.15) is 21.7 Å². The summed E-state index contributed by atoms with van der Waals surface area (Å²) in [6.45, 7) is 2.66. The van der Waals surface area contributed by atoms with E-state index in [0.29, 0.717) is 17.1 Å². The first kappa shape index (κ1) is 13.6. The van der Waals surface area contributed by atoms with Gasteiger partial charge in [0.15, 0.2) is 6.29 Å². The van der Waals surface area contributed by atoms with E-state index in [1.54, 1.807) is 12.1 Å². The highest BCUT2D eigenvalue weighted by atomic mass is 35.5. The van der Waals surface area contributed by atoms with Gasteiger partial charge in [0, 0.05) is 24.0 Å². The van der Waals surface area contributed by atoms with Crippen LogP contribution in [-0.4, -0.2) is 18.3 Å². The van der Waals surface area contributed by atoms with Gasteiger partial charge in [-0.1, -0.05) is 17.7 Å². The van der Waals surface area contributed by atoms with E-state index < -0.39 is 0 Å². The van der Waals surface area contributed by atoms with Crippen molar-refractivity contribution in [2.45, 2.75) is 13.5 Å². The average Bonchev–Trinajstić information content (AvgIpc) is 2.38. The minimum absolute atomic E-state index is 0.469. The molecule has 0 saturated carbocycles. The Morgan fingerprint density at radius 1 is 1.32 bits per heavy atom. The summed E-state index contributed by atoms with van der Waals surface area (Å²) in [5, 5.41) is 0.469. The number of aldehydes is 1. The zero-order valence-electron chi connectivity index (χ0n) is 10.9. The van der Waals surface area contributed by atoms with Gasteiger partial charge in [-0.05, 0) is 37.3 Å². The molecule has 0 fully saturated rings. The molecule has 98 valence electrons. The second-order valence-electron chi connectivity index (χ2n) is 4.45. The van der Waals surface area contributed by atoms with Gasteiger partial charge in [0.1, 0.15) is 0 Å². The predicted octanol–water partition coefficient (Wildman–Crippen LogP) is 3.49. The van der Waals surface area contributed by atoms with E-state index in [4.69, 9.17) is 11.6 Å². The second kappa shape index (κ2) is 5.85. The number of rotatable bonds is 4. The van der Waals surface area contributed by atoms with Gasteiger partial charge in [-0.15, -0.1) is 0 Å². The minimum Gasteiger partial charge on any atom is -0.369 e. The molecule has 1 aromatic carbocycles. The molecule has 0 spiro atoms. The highest BCUT2D eigenvalue weighted by Crippen LogP contribution is 2.22. The molecule has 0 aliphatic carbocycles. The van der Waals surface area contributed by atoms with Gasteiger partial charge in [-0.3, -0.25) is 9.78 Å². The van der Waals surface area contributed by atoms with Gasteiger partial charge < -0.3 is 4.90 Å². The highest BCUT2D eigenvalue weighted by Gasteiger charge is 2.06. The summed E-state index contributed by atoms with van der Waals surface area (Å²) in [6.07, 6.45) is 0.758. The number of hydrogen-bond acceptors (Lipinski definition) is 3. The van der Waals surface area contributed by atoms with Crippen molar-refractivity contribution in [2.75, 3.05) is 11.9 Å². The van der Waals surface area contributed by atoms with Gasteiger partial charge in [-0.2, -0.15) is 0 Å². The first-order valence-corrected chi connectivity index (χ1v) is 6.36. The Bertz CT molecular complexity index is 598. The maximum absolute atomic E-state index is 10.7. The van der Waals surface area contributed by atoms with Crippen LogP contribution in [0.2, 0.25) is 5.02 Å². The summed E-state index contributed by atoms with van der Waals surface area (Å²) in [4.78, 5) is 17.2. The van der Waals surface area contributed by atoms with Crippen molar-refractivity contribution in [3.63, 3.8) is 0 Å². The standard InChI is InChI=1S/C15H15ClN2O/c1-11-4-3-5-13(17-11)9-18(2)14-7-6-12(10-19)15(16)8-14/h3-8,10H,9H2,1-2H3. The maximum atomic E-state index is 10.7. The normalized spacial score (nSPS) is 10.3. The first-order chi connectivity index (χ1) is 9.10. The van der Waals surface area contributed by atoms with Crippen molar-refractivity contribution >= 4 is 23.6 Å². The van der Waals surface area contributed by atoms with Crippen LogP contribution >= 0.6 is 11.6 Å². The Hall–Kier alpha value is -1.87. The van der Waals surface area contributed by atoms with Crippen LogP contribution < -0.4 is 4.90 Å². The molecule has 1 heterocycles. The molecule has 0 unspecified atom stereocenters. The molecule has 0 radical (unpaired) electrons. The molecule has 0 bridgehead atoms. The fraction of sp³-hybridized carbons (Fsp3) is 0.200. The monoisotopic (exact) mass is 274 g/mol. The van der Waals surface area contributed by atoms with Crippen LogP contribution in [0, 0.1) is 6.92 Å². The van der Waals surface area contributed by atoms with Crippen LogP contribution in [0.3, 0.4) is 0 Å². The van der Waals surface area contributed by atoms with E-state index >= 15 is 0 Å². The lowest BCUT2D eigenvalue weighted by Crippen LogP contribution is -2.17. The molecular weight excluding hydrogens is 260 g/mol. The third-order valence-corrected chi connectivity index (χ3v) is 3.22. The molecule has 0 saturated heterocycles. The number of nitrogens with zero attached hydrogens (tertiary/aromatic N) is 2. The van der Waals surface area contributed by atoms with Crippen molar-refractivity contribution in [3.8, 4) is 0 Å².